The molecule has 0 saturated carbocycles. The number of morpholine rings is 1. The molecule has 0 atom stereocenters. The Morgan fingerprint density at radius 3 is 2.81 bits per heavy atom. The summed E-state index contributed by atoms with van der Waals surface area (Å²) in [5.74, 6) is 0.370. The van der Waals surface area contributed by atoms with Crippen LogP contribution < -0.4 is 15.8 Å². The minimum Gasteiger partial charge on any atom is -0.492 e. The molecular formula is C20H25N3O4. The summed E-state index contributed by atoms with van der Waals surface area (Å²) in [7, 11) is 1.35. The maximum absolute atomic E-state index is 11.7. The first-order valence-corrected chi connectivity index (χ1v) is 8.93. The Balaban J connectivity index is 1.61. The van der Waals surface area contributed by atoms with Gasteiger partial charge in [0, 0.05) is 31.4 Å². The molecule has 0 bridgehead atoms. The van der Waals surface area contributed by atoms with Gasteiger partial charge in [0.2, 0.25) is 0 Å². The highest BCUT2D eigenvalue weighted by Crippen LogP contribution is 2.27. The smallest absolute Gasteiger partial charge is 0.337 e. The number of nitrogen functional groups attached to an aromatic ring is 1. The lowest BCUT2D eigenvalue weighted by Gasteiger charge is -2.26. The number of anilines is 3. The van der Waals surface area contributed by atoms with Gasteiger partial charge in [-0.25, -0.2) is 4.79 Å². The number of ether oxygens (including phenoxy) is 3. The topological polar surface area (TPSA) is 86.0 Å². The summed E-state index contributed by atoms with van der Waals surface area (Å²) >= 11 is 0. The molecule has 7 nitrogen and oxygen atoms in total. The fourth-order valence-electron chi connectivity index (χ4n) is 2.85. The number of nitrogens with zero attached hydrogens (tertiary/aromatic N) is 1. The van der Waals surface area contributed by atoms with Crippen molar-refractivity contribution >= 4 is 23.0 Å². The van der Waals surface area contributed by atoms with Gasteiger partial charge in [-0.3, -0.25) is 4.90 Å². The standard InChI is InChI=1S/C20H25N3O4/c1-25-20(24)15-5-6-18(21)19(13-15)22-16-3-2-4-17(14-16)27-12-9-23-7-10-26-11-8-23/h2-6,13-14,22H,7-12,21H2,1H3. The Bertz CT molecular complexity index is 776. The molecule has 2 aromatic carbocycles. The number of benzene rings is 2. The van der Waals surface area contributed by atoms with E-state index in [0.717, 1.165) is 44.3 Å². The summed E-state index contributed by atoms with van der Waals surface area (Å²) in [6.07, 6.45) is 0. The van der Waals surface area contributed by atoms with E-state index >= 15 is 0 Å². The molecule has 0 amide bonds. The lowest BCUT2D eigenvalue weighted by atomic mass is 10.1. The number of hydrogen-bond acceptors (Lipinski definition) is 7. The Morgan fingerprint density at radius 2 is 2.04 bits per heavy atom. The fourth-order valence-corrected chi connectivity index (χ4v) is 2.85. The number of nitrogens with two attached hydrogens (primary N) is 1. The van der Waals surface area contributed by atoms with Crippen molar-refractivity contribution < 1.29 is 19.0 Å². The predicted molar refractivity (Wildman–Crippen MR) is 105 cm³/mol. The highest BCUT2D eigenvalue weighted by molar-refractivity contribution is 5.92. The Morgan fingerprint density at radius 1 is 1.22 bits per heavy atom. The van der Waals surface area contributed by atoms with E-state index in [0.29, 0.717) is 23.5 Å². The number of nitrogens with one attached hydrogen (secondary N) is 1. The second kappa shape index (κ2) is 9.25. The fraction of sp³-hybridized carbons (Fsp3) is 0.350. The number of rotatable bonds is 7. The van der Waals surface area contributed by atoms with Crippen molar-refractivity contribution in [2.75, 3.05) is 57.6 Å². The van der Waals surface area contributed by atoms with E-state index in [2.05, 4.69) is 10.2 Å². The lowest BCUT2D eigenvalue weighted by molar-refractivity contribution is 0.0322. The molecular weight excluding hydrogens is 346 g/mol. The van der Waals surface area contributed by atoms with E-state index in [9.17, 15) is 4.79 Å². The first-order chi connectivity index (χ1) is 13.2. The molecule has 3 N–H and O–H groups in total. The van der Waals surface area contributed by atoms with Crippen molar-refractivity contribution in [1.82, 2.24) is 4.90 Å². The van der Waals surface area contributed by atoms with Crippen molar-refractivity contribution in [3.63, 3.8) is 0 Å². The second-order valence-electron chi connectivity index (χ2n) is 6.25. The number of hydrogen-bond donors (Lipinski definition) is 2. The molecule has 27 heavy (non-hydrogen) atoms. The summed E-state index contributed by atoms with van der Waals surface area (Å²) in [5, 5.41) is 3.23. The average molecular weight is 371 g/mol. The van der Waals surface area contributed by atoms with E-state index in [-0.39, 0.29) is 0 Å². The highest BCUT2D eigenvalue weighted by atomic mass is 16.5. The van der Waals surface area contributed by atoms with Gasteiger partial charge in [-0.15, -0.1) is 0 Å². The molecule has 0 aliphatic carbocycles. The number of carbonyl (C=O) groups excluding carboxylic acids is 1. The highest BCUT2D eigenvalue weighted by Gasteiger charge is 2.11. The van der Waals surface area contributed by atoms with Crippen LogP contribution >= 0.6 is 0 Å². The van der Waals surface area contributed by atoms with Gasteiger partial charge >= 0.3 is 5.97 Å². The molecule has 1 heterocycles. The van der Waals surface area contributed by atoms with Crippen LogP contribution in [0.15, 0.2) is 42.5 Å². The first-order valence-electron chi connectivity index (χ1n) is 8.93. The van der Waals surface area contributed by atoms with Gasteiger partial charge in [-0.1, -0.05) is 6.07 Å². The average Bonchev–Trinajstić information content (AvgIpc) is 2.70. The normalized spacial score (nSPS) is 14.6. The molecule has 3 rings (SSSR count). The van der Waals surface area contributed by atoms with Gasteiger partial charge < -0.3 is 25.3 Å². The maximum Gasteiger partial charge on any atom is 0.337 e. The largest absolute Gasteiger partial charge is 0.492 e. The van der Waals surface area contributed by atoms with Crippen LogP contribution in [-0.2, 0) is 9.47 Å². The minimum absolute atomic E-state index is 0.404. The molecule has 1 saturated heterocycles. The summed E-state index contributed by atoms with van der Waals surface area (Å²) in [6.45, 7) is 4.94. The van der Waals surface area contributed by atoms with Crippen LogP contribution in [0.1, 0.15) is 10.4 Å². The predicted octanol–water partition coefficient (Wildman–Crippen LogP) is 2.51. The van der Waals surface area contributed by atoms with Crippen LogP contribution in [0.25, 0.3) is 0 Å². The number of carbonyl (C=O) groups is 1. The quantitative estimate of drug-likeness (QED) is 0.571. The first kappa shape index (κ1) is 19.0. The zero-order chi connectivity index (χ0) is 19.1. The van der Waals surface area contributed by atoms with Crippen LogP contribution in [0.4, 0.5) is 17.1 Å². The summed E-state index contributed by atoms with van der Waals surface area (Å²) in [6, 6.07) is 12.6. The maximum atomic E-state index is 11.7. The summed E-state index contributed by atoms with van der Waals surface area (Å²) in [5.41, 5.74) is 8.47. The third kappa shape index (κ3) is 5.35. The third-order valence-corrected chi connectivity index (χ3v) is 4.37. The van der Waals surface area contributed by atoms with E-state index in [4.69, 9.17) is 19.9 Å². The van der Waals surface area contributed by atoms with Crippen molar-refractivity contribution in [3.8, 4) is 5.75 Å². The van der Waals surface area contributed by atoms with E-state index in [1.807, 2.05) is 24.3 Å². The molecule has 7 heteroatoms. The van der Waals surface area contributed by atoms with Crippen LogP contribution in [-0.4, -0.2) is 57.4 Å². The molecule has 2 aromatic rings. The van der Waals surface area contributed by atoms with Crippen LogP contribution in [0.3, 0.4) is 0 Å². The van der Waals surface area contributed by atoms with Crippen LogP contribution in [0.2, 0.25) is 0 Å². The summed E-state index contributed by atoms with van der Waals surface area (Å²) in [4.78, 5) is 14.0. The van der Waals surface area contributed by atoms with Crippen molar-refractivity contribution in [2.24, 2.45) is 0 Å². The van der Waals surface area contributed by atoms with Crippen molar-refractivity contribution in [3.05, 3.63) is 48.0 Å². The zero-order valence-electron chi connectivity index (χ0n) is 15.4. The van der Waals surface area contributed by atoms with Gasteiger partial charge in [-0.2, -0.15) is 0 Å². The van der Waals surface area contributed by atoms with Gasteiger partial charge in [0.25, 0.3) is 0 Å². The second-order valence-corrected chi connectivity index (χ2v) is 6.25. The van der Waals surface area contributed by atoms with E-state index in [1.165, 1.54) is 7.11 Å². The van der Waals surface area contributed by atoms with Gasteiger partial charge in [0.1, 0.15) is 12.4 Å². The molecule has 1 aliphatic rings. The number of esters is 1. The van der Waals surface area contributed by atoms with Gasteiger partial charge in [0.05, 0.1) is 37.3 Å². The van der Waals surface area contributed by atoms with Gasteiger partial charge in [0.15, 0.2) is 0 Å². The van der Waals surface area contributed by atoms with Crippen LogP contribution in [0, 0.1) is 0 Å². The summed E-state index contributed by atoms with van der Waals surface area (Å²) < 4.78 is 16.0. The van der Waals surface area contributed by atoms with Crippen LogP contribution in [0.5, 0.6) is 5.75 Å². The Kier molecular flexibility index (Phi) is 6.51. The third-order valence-electron chi connectivity index (χ3n) is 4.37. The van der Waals surface area contributed by atoms with Crippen molar-refractivity contribution in [1.29, 1.82) is 0 Å². The lowest BCUT2D eigenvalue weighted by Crippen LogP contribution is -2.38. The molecule has 144 valence electrons. The molecule has 0 spiro atoms. The molecule has 0 radical (unpaired) electrons. The SMILES string of the molecule is COC(=O)c1ccc(N)c(Nc2cccc(OCCN3CCOCC3)c2)c1. The van der Waals surface area contributed by atoms with E-state index < -0.39 is 5.97 Å². The molecule has 0 aromatic heterocycles. The van der Waals surface area contributed by atoms with Gasteiger partial charge in [-0.05, 0) is 30.3 Å². The monoisotopic (exact) mass is 371 g/mol. The van der Waals surface area contributed by atoms with Crippen molar-refractivity contribution in [2.45, 2.75) is 0 Å². The Hall–Kier alpha value is -2.77. The molecule has 1 aliphatic heterocycles. The number of methoxy groups -OCH3 is 1. The van der Waals surface area contributed by atoms with E-state index in [1.54, 1.807) is 18.2 Å². The Labute approximate surface area is 159 Å². The zero-order valence-corrected chi connectivity index (χ0v) is 15.4. The minimum atomic E-state index is -0.404. The molecule has 1 fully saturated rings. The molecule has 0 unspecified atom stereocenters.